The number of carbonyl (C=O) groups excluding carboxylic acids is 3. The molecule has 8 rings (SSSR count). The number of anilines is 2. The molecule has 12 heteroatoms. The fraction of sp³-hybridized carbons (Fsp3) is 0.314. The van der Waals surface area contributed by atoms with Crippen LogP contribution in [0.25, 0.3) is 0 Å². The Morgan fingerprint density at radius 1 is 0.957 bits per heavy atom. The van der Waals surface area contributed by atoms with Crippen LogP contribution in [0.2, 0.25) is 5.02 Å². The first-order chi connectivity index (χ1) is 22.8. The van der Waals surface area contributed by atoms with Crippen LogP contribution in [-0.2, 0) is 14.4 Å². The third-order valence-electron chi connectivity index (χ3n) is 9.85. The van der Waals surface area contributed by atoms with Crippen LogP contribution in [0, 0.1) is 29.6 Å². The molecule has 0 unspecified atom stereocenters. The number of rotatable bonds is 8. The maximum absolute atomic E-state index is 14.0. The number of aromatic amines is 1. The Morgan fingerprint density at radius 3 is 2.45 bits per heavy atom. The van der Waals surface area contributed by atoms with Gasteiger partial charge in [0.25, 0.3) is 5.91 Å². The molecule has 1 saturated heterocycles. The lowest BCUT2D eigenvalue weighted by atomic mass is 9.68. The van der Waals surface area contributed by atoms with Gasteiger partial charge in [0.15, 0.2) is 18.1 Å². The van der Waals surface area contributed by atoms with E-state index in [2.05, 4.69) is 10.3 Å². The number of aromatic nitrogens is 1. The highest BCUT2D eigenvalue weighted by atomic mass is 35.5. The summed E-state index contributed by atoms with van der Waals surface area (Å²) in [6.45, 7) is 2.04. The molecule has 3 aromatic carbocycles. The SMILES string of the molecule is CCOc1cc([C@@H]2c3sc(=O)[nH]c3S[C@@H]3[C@@H]4C[C@@H]([C@@H]5C(=O)N(c6ccccc6)C(=O)[C@@H]45)[C@H]23)ccc1OCC(=O)Nc1ccc(Cl)cc1. The van der Waals surface area contributed by atoms with Gasteiger partial charge in [0, 0.05) is 26.8 Å². The molecule has 4 aliphatic rings. The van der Waals surface area contributed by atoms with E-state index in [4.69, 9.17) is 21.1 Å². The summed E-state index contributed by atoms with van der Waals surface area (Å²) in [6, 6.07) is 21.7. The molecule has 2 N–H and O–H groups in total. The van der Waals surface area contributed by atoms with Crippen molar-refractivity contribution in [1.29, 1.82) is 0 Å². The van der Waals surface area contributed by atoms with E-state index < -0.39 is 0 Å². The van der Waals surface area contributed by atoms with Crippen molar-refractivity contribution in [3.63, 3.8) is 0 Å². The lowest BCUT2D eigenvalue weighted by Gasteiger charge is -2.43. The lowest BCUT2D eigenvalue weighted by Crippen LogP contribution is -2.42. The van der Waals surface area contributed by atoms with Gasteiger partial charge in [-0.1, -0.05) is 47.2 Å². The Hall–Kier alpha value is -4.06. The first kappa shape index (κ1) is 30.3. The Labute approximate surface area is 283 Å². The minimum atomic E-state index is -0.387. The maximum Gasteiger partial charge on any atom is 0.305 e. The number of halogens is 1. The van der Waals surface area contributed by atoms with Gasteiger partial charge in [-0.3, -0.25) is 24.1 Å². The fourth-order valence-corrected chi connectivity index (χ4v) is 11.2. The molecule has 7 atom stereocenters. The largest absolute Gasteiger partial charge is 0.490 e. The summed E-state index contributed by atoms with van der Waals surface area (Å²) in [7, 11) is 0. The molecular weight excluding hydrogens is 658 g/mol. The summed E-state index contributed by atoms with van der Waals surface area (Å²) in [5.41, 5.74) is 2.17. The zero-order valence-corrected chi connectivity index (χ0v) is 27.6. The van der Waals surface area contributed by atoms with Gasteiger partial charge < -0.3 is 19.8 Å². The molecule has 47 heavy (non-hydrogen) atoms. The van der Waals surface area contributed by atoms with Crippen LogP contribution in [0.15, 0.2) is 82.6 Å². The first-order valence-electron chi connectivity index (χ1n) is 15.6. The summed E-state index contributed by atoms with van der Waals surface area (Å²) >= 11 is 8.81. The number of thiazole rings is 1. The molecule has 0 radical (unpaired) electrons. The molecule has 0 spiro atoms. The van der Waals surface area contributed by atoms with Crippen LogP contribution in [0.4, 0.5) is 11.4 Å². The average Bonchev–Trinajstić information content (AvgIpc) is 3.80. The molecule has 3 heterocycles. The lowest BCUT2D eigenvalue weighted by molar-refractivity contribution is -0.123. The van der Waals surface area contributed by atoms with Crippen molar-refractivity contribution in [2.45, 2.75) is 29.5 Å². The highest BCUT2D eigenvalue weighted by Gasteiger charge is 2.69. The van der Waals surface area contributed by atoms with Crippen LogP contribution in [0.1, 0.15) is 29.7 Å². The molecule has 3 fully saturated rings. The Morgan fingerprint density at radius 2 is 1.70 bits per heavy atom. The highest BCUT2D eigenvalue weighted by molar-refractivity contribution is 8.00. The average molecular weight is 688 g/mol. The number of carbonyl (C=O) groups is 3. The van der Waals surface area contributed by atoms with Crippen LogP contribution in [0.3, 0.4) is 0 Å². The van der Waals surface area contributed by atoms with Gasteiger partial charge in [-0.2, -0.15) is 0 Å². The Bertz CT molecular complexity index is 1950. The third kappa shape index (κ3) is 5.06. The summed E-state index contributed by atoms with van der Waals surface area (Å²) in [6.07, 6.45) is 0.801. The van der Waals surface area contributed by atoms with Crippen molar-refractivity contribution in [2.75, 3.05) is 23.4 Å². The van der Waals surface area contributed by atoms with Crippen LogP contribution >= 0.6 is 34.7 Å². The standard InChI is InChI=1S/C35H30ClN3O6S2/c1-2-44-24-14-17(8-13-23(24)45-16-25(40)37-19-11-9-18(36)10-12-19)26-27-21-15-22(30(27)46-32-31(26)47-35(43)38-32)29-28(21)33(41)39(34(29)42)20-6-4-3-5-7-20/h3-14,21-22,26-30H,2,15-16H2,1H3,(H,37,40)(H,38,43)/t21-,22-,26+,27-,28+,29+,30-/m1/s1. The van der Waals surface area contributed by atoms with E-state index in [1.165, 1.54) is 16.2 Å². The Kier molecular flexibility index (Phi) is 7.65. The second-order valence-electron chi connectivity index (χ2n) is 12.3. The quantitative estimate of drug-likeness (QED) is 0.212. The summed E-state index contributed by atoms with van der Waals surface area (Å²) in [5.74, 6) is -0.502. The van der Waals surface area contributed by atoms with E-state index in [-0.39, 0.29) is 70.0 Å². The zero-order valence-electron chi connectivity index (χ0n) is 25.2. The number of ether oxygens (including phenoxy) is 2. The minimum Gasteiger partial charge on any atom is -0.490 e. The summed E-state index contributed by atoms with van der Waals surface area (Å²) < 4.78 is 11.9. The highest BCUT2D eigenvalue weighted by Crippen LogP contribution is 2.68. The van der Waals surface area contributed by atoms with Crippen molar-refractivity contribution < 1.29 is 23.9 Å². The van der Waals surface area contributed by atoms with Gasteiger partial charge in [-0.25, -0.2) is 0 Å². The van der Waals surface area contributed by atoms with Crippen LogP contribution in [0.5, 0.6) is 11.5 Å². The van der Waals surface area contributed by atoms with Gasteiger partial charge >= 0.3 is 4.87 Å². The summed E-state index contributed by atoms with van der Waals surface area (Å²) in [4.78, 5) is 58.4. The molecule has 2 saturated carbocycles. The van der Waals surface area contributed by atoms with Crippen molar-refractivity contribution in [3.8, 4) is 11.5 Å². The number of imide groups is 1. The molecule has 2 aliphatic heterocycles. The molecule has 1 aromatic heterocycles. The van der Waals surface area contributed by atoms with E-state index in [1.807, 2.05) is 49.4 Å². The molecule has 9 nitrogen and oxygen atoms in total. The predicted octanol–water partition coefficient (Wildman–Crippen LogP) is 6.18. The molecular formula is C35H30ClN3O6S2. The molecule has 2 bridgehead atoms. The van der Waals surface area contributed by atoms with E-state index in [0.717, 1.165) is 21.9 Å². The number of nitrogens with zero attached hydrogens (tertiary/aromatic N) is 1. The number of fused-ring (bicyclic) bond motifs is 9. The van der Waals surface area contributed by atoms with E-state index in [9.17, 15) is 19.2 Å². The smallest absolute Gasteiger partial charge is 0.305 e. The van der Waals surface area contributed by atoms with Crippen LogP contribution < -0.4 is 24.6 Å². The van der Waals surface area contributed by atoms with Gasteiger partial charge in [-0.15, -0.1) is 11.8 Å². The normalized spacial score (nSPS) is 26.9. The fourth-order valence-electron chi connectivity index (χ4n) is 8.20. The van der Waals surface area contributed by atoms with Crippen molar-refractivity contribution in [2.24, 2.45) is 29.6 Å². The van der Waals surface area contributed by atoms with Crippen molar-refractivity contribution >= 4 is 63.8 Å². The zero-order chi connectivity index (χ0) is 32.4. The van der Waals surface area contributed by atoms with Crippen LogP contribution in [-0.4, -0.2) is 41.2 Å². The van der Waals surface area contributed by atoms with Gasteiger partial charge in [0.2, 0.25) is 11.8 Å². The Balaban J connectivity index is 1.10. The minimum absolute atomic E-state index is 0.00829. The first-order valence-corrected chi connectivity index (χ1v) is 17.7. The second-order valence-corrected chi connectivity index (χ2v) is 14.9. The number of thioether (sulfide) groups is 1. The van der Waals surface area contributed by atoms with Gasteiger partial charge in [-0.05, 0) is 85.2 Å². The number of nitrogens with one attached hydrogen (secondary N) is 2. The van der Waals surface area contributed by atoms with Crippen molar-refractivity contribution in [3.05, 3.63) is 97.9 Å². The summed E-state index contributed by atoms with van der Waals surface area (Å²) in [5, 5.41) is 4.27. The molecule has 2 aliphatic carbocycles. The molecule has 3 amide bonds. The number of hydrogen-bond acceptors (Lipinski definition) is 8. The van der Waals surface area contributed by atoms with E-state index in [1.54, 1.807) is 42.1 Å². The van der Waals surface area contributed by atoms with E-state index >= 15 is 0 Å². The van der Waals surface area contributed by atoms with Gasteiger partial charge in [0.05, 0.1) is 29.2 Å². The number of para-hydroxylation sites is 1. The molecule has 4 aromatic rings. The predicted molar refractivity (Wildman–Crippen MR) is 181 cm³/mol. The maximum atomic E-state index is 14.0. The topological polar surface area (TPSA) is 118 Å². The monoisotopic (exact) mass is 687 g/mol. The van der Waals surface area contributed by atoms with E-state index in [0.29, 0.717) is 34.5 Å². The number of H-pyrrole nitrogens is 1. The second kappa shape index (κ2) is 11.9. The molecule has 240 valence electrons. The number of hydrogen-bond donors (Lipinski definition) is 2. The third-order valence-corrected chi connectivity index (χ3v) is 12.7. The number of benzene rings is 3. The number of amides is 3. The van der Waals surface area contributed by atoms with Crippen molar-refractivity contribution in [1.82, 2.24) is 4.98 Å². The van der Waals surface area contributed by atoms with Gasteiger partial charge in [0.1, 0.15) is 0 Å².